The van der Waals surface area contributed by atoms with Crippen LogP contribution in [0.4, 0.5) is 0 Å². The summed E-state index contributed by atoms with van der Waals surface area (Å²) in [4.78, 5) is 112. The summed E-state index contributed by atoms with van der Waals surface area (Å²) in [6.07, 6.45) is 27.9. The minimum atomic E-state index is -0.642. The highest BCUT2D eigenvalue weighted by Crippen LogP contribution is 2.38. The minimum absolute atomic E-state index is 0. The maximum Gasteiger partial charge on any atom is 0.344 e. The van der Waals surface area contributed by atoms with Gasteiger partial charge < -0.3 is 56.8 Å². The predicted octanol–water partition coefficient (Wildman–Crippen LogP) is 29.3. The van der Waals surface area contributed by atoms with Gasteiger partial charge in [0.15, 0.2) is 13.2 Å². The van der Waals surface area contributed by atoms with Gasteiger partial charge in [0.25, 0.3) is 0 Å². The van der Waals surface area contributed by atoms with Crippen LogP contribution in [0.1, 0.15) is 312 Å². The molecular formula is C111H184O22. The third kappa shape index (κ3) is 61.3. The molecule has 0 unspecified atom stereocenters. The topological polar surface area (TPSA) is 281 Å². The van der Waals surface area contributed by atoms with Crippen molar-refractivity contribution >= 4 is 65.8 Å². The highest BCUT2D eigenvalue weighted by molar-refractivity contribution is 5.85. The van der Waals surface area contributed by atoms with Gasteiger partial charge in [0.2, 0.25) is 20.4 Å². The van der Waals surface area contributed by atoms with Crippen molar-refractivity contribution in [3.05, 3.63) is 244 Å². The molecule has 0 bridgehead atoms. The molecule has 4 aliphatic rings. The Morgan fingerprint density at radius 2 is 0.624 bits per heavy atom. The average molecular weight is 1870 g/mol. The number of benzene rings is 5. The summed E-state index contributed by atoms with van der Waals surface area (Å²) in [7, 11) is 0. The number of ether oxygens (including phenoxy) is 12. The summed E-state index contributed by atoms with van der Waals surface area (Å²) in [6.45, 7) is 24.1. The summed E-state index contributed by atoms with van der Waals surface area (Å²) in [5, 5.41) is 0. The van der Waals surface area contributed by atoms with E-state index >= 15 is 0 Å². The highest BCUT2D eigenvalue weighted by Gasteiger charge is 2.29. The van der Waals surface area contributed by atoms with E-state index in [4.69, 9.17) is 47.4 Å². The van der Waals surface area contributed by atoms with E-state index in [0.29, 0.717) is 47.5 Å². The van der Waals surface area contributed by atoms with Gasteiger partial charge in [-0.1, -0.05) is 300 Å². The molecule has 0 amide bonds. The van der Waals surface area contributed by atoms with Crippen molar-refractivity contribution in [2.24, 2.45) is 23.7 Å². The van der Waals surface area contributed by atoms with E-state index in [2.05, 4.69) is 123 Å². The lowest BCUT2D eigenvalue weighted by Gasteiger charge is -2.28. The Bertz CT molecular complexity index is 4020. The molecule has 760 valence electrons. The molecule has 0 spiro atoms. The number of allylic oxidation sites excluding steroid dienone is 1. The maximum absolute atomic E-state index is 12.6. The Morgan fingerprint density at radius 1 is 0.323 bits per heavy atom. The van der Waals surface area contributed by atoms with Crippen molar-refractivity contribution in [3.63, 3.8) is 0 Å². The van der Waals surface area contributed by atoms with Crippen LogP contribution < -0.4 is 14.2 Å². The van der Waals surface area contributed by atoms with E-state index < -0.39 is 61.2 Å². The second-order valence-corrected chi connectivity index (χ2v) is 26.5. The van der Waals surface area contributed by atoms with Crippen LogP contribution in [0, 0.1) is 35.5 Å². The van der Waals surface area contributed by atoms with E-state index in [0.717, 1.165) is 173 Å². The van der Waals surface area contributed by atoms with Gasteiger partial charge in [-0.15, -0.1) is 0 Å². The largest absolute Gasteiger partial charge is 0.462 e. The van der Waals surface area contributed by atoms with Crippen molar-refractivity contribution in [2.75, 3.05) is 40.2 Å². The zero-order valence-electron chi connectivity index (χ0n) is 63.6. The molecule has 5 aromatic rings. The van der Waals surface area contributed by atoms with Gasteiger partial charge in [-0.05, 0) is 221 Å². The Morgan fingerprint density at radius 3 is 0.977 bits per heavy atom. The van der Waals surface area contributed by atoms with Gasteiger partial charge in [0.05, 0.1) is 12.5 Å². The molecule has 4 fully saturated rings. The lowest BCUT2D eigenvalue weighted by molar-refractivity contribution is -0.161. The van der Waals surface area contributed by atoms with Crippen LogP contribution >= 0.6 is 0 Å². The van der Waals surface area contributed by atoms with Crippen LogP contribution in [-0.2, 0) is 90.6 Å². The first-order valence-electron chi connectivity index (χ1n) is 37.3. The van der Waals surface area contributed by atoms with Crippen molar-refractivity contribution in [1.29, 1.82) is 0 Å². The molecule has 4 saturated carbocycles. The molecule has 22 nitrogen and oxygen atoms in total. The second kappa shape index (κ2) is 89.1. The van der Waals surface area contributed by atoms with Crippen molar-refractivity contribution in [1.82, 2.24) is 0 Å². The number of hydrogen-bond acceptors (Lipinski definition) is 22. The van der Waals surface area contributed by atoms with Crippen molar-refractivity contribution in [2.45, 2.75) is 296 Å². The van der Waals surface area contributed by atoms with Crippen LogP contribution in [-0.4, -0.2) is 112 Å². The fourth-order valence-electron chi connectivity index (χ4n) is 12.6. The molecule has 0 aromatic heterocycles. The van der Waals surface area contributed by atoms with Gasteiger partial charge in [0, 0.05) is 53.7 Å². The van der Waals surface area contributed by atoms with Crippen LogP contribution in [0.25, 0.3) is 17.2 Å². The quantitative estimate of drug-likeness (QED) is 0.00995. The second-order valence-electron chi connectivity index (χ2n) is 26.5. The number of carbonyl (C=O) groups excluding carboxylic acids is 10. The number of carbonyl (C=O) groups is 10. The molecule has 0 atom stereocenters. The summed E-state index contributed by atoms with van der Waals surface area (Å²) in [5.41, 5.74) is 7.54. The first kappa shape index (κ1) is 158. The molecule has 4 aliphatic carbocycles. The highest BCUT2D eigenvalue weighted by atomic mass is 16.7. The molecular weight excluding hydrogens is 1690 g/mol. The number of hydrogen-bond donors (Lipinski definition) is 0. The third-order valence-corrected chi connectivity index (χ3v) is 19.0. The molecule has 0 aliphatic heterocycles. The van der Waals surface area contributed by atoms with E-state index in [9.17, 15) is 47.9 Å². The number of esters is 10. The molecule has 5 aromatic carbocycles. The fourth-order valence-corrected chi connectivity index (χ4v) is 12.6. The van der Waals surface area contributed by atoms with E-state index in [1.165, 1.54) is 23.6 Å². The lowest BCUT2D eigenvalue weighted by atomic mass is 9.81. The molecule has 0 saturated heterocycles. The van der Waals surface area contributed by atoms with Crippen LogP contribution in [0.15, 0.2) is 216 Å². The average Bonchev–Trinajstić information content (AvgIpc) is 0.870. The Kier molecular flexibility index (Phi) is 106. The SMILES string of the molecule is C.C.C.C.C.C.C.C.C.C.C.C.C.C.C.C.C.C.C.C.C.C=CC(=O)OCC(=O)OC1CCC(c2ccc(-c3ccc(OC(=O)C4CCC(CC)CC4)cc3)cc2)CC1.C=CC(=O)OCOC(=O)C=C.C=CC(=O)OCOc1ccc(C#Cc2ccc(C3CCC(OC(=O)COC(=O)C=C)CC3)cc2)cc1.C=CC(=O)OCOc1ccc(C=CC2CCC(COC(=O)C=C)CC2)cc1. The van der Waals surface area contributed by atoms with Gasteiger partial charge in [-0.2, -0.15) is 0 Å². The normalized spacial score (nSPS) is 15.6. The van der Waals surface area contributed by atoms with Crippen LogP contribution in [0.2, 0.25) is 0 Å². The van der Waals surface area contributed by atoms with Crippen LogP contribution in [0.3, 0.4) is 0 Å². The van der Waals surface area contributed by atoms with E-state index in [1.54, 1.807) is 12.1 Å². The Labute approximate surface area is 810 Å². The lowest BCUT2D eigenvalue weighted by Crippen LogP contribution is -2.26. The molecule has 0 N–H and O–H groups in total. The van der Waals surface area contributed by atoms with E-state index in [1.807, 2.05) is 72.8 Å². The first-order valence-corrected chi connectivity index (χ1v) is 37.3. The Balaban J connectivity index is -0.0000000977. The monoisotopic (exact) mass is 1870 g/mol. The smallest absolute Gasteiger partial charge is 0.344 e. The summed E-state index contributed by atoms with van der Waals surface area (Å²) in [5.74, 6) is 5.60. The predicted molar refractivity (Wildman–Crippen MR) is 561 cm³/mol. The van der Waals surface area contributed by atoms with Crippen molar-refractivity contribution < 1.29 is 105 Å². The minimum Gasteiger partial charge on any atom is -0.462 e. The van der Waals surface area contributed by atoms with Gasteiger partial charge in [-0.25, -0.2) is 43.2 Å². The zero-order valence-corrected chi connectivity index (χ0v) is 63.6. The van der Waals surface area contributed by atoms with Crippen molar-refractivity contribution in [3.8, 4) is 40.2 Å². The zero-order chi connectivity index (χ0) is 80.8. The first-order chi connectivity index (χ1) is 54.2. The fraction of sp³-hybridized carbons (Fsp3) is 0.477. The van der Waals surface area contributed by atoms with E-state index in [-0.39, 0.29) is 206 Å². The molecule has 22 heteroatoms. The summed E-state index contributed by atoms with van der Waals surface area (Å²) in [6, 6.07) is 39.3. The third-order valence-electron chi connectivity index (χ3n) is 19.0. The summed E-state index contributed by atoms with van der Waals surface area (Å²) >= 11 is 0. The molecule has 0 heterocycles. The maximum atomic E-state index is 12.6. The molecule has 0 radical (unpaired) electrons. The Hall–Kier alpha value is -12.1. The molecule has 9 rings (SSSR count). The van der Waals surface area contributed by atoms with Crippen LogP contribution in [0.5, 0.6) is 17.2 Å². The van der Waals surface area contributed by atoms with Gasteiger partial charge >= 0.3 is 59.7 Å². The summed E-state index contributed by atoms with van der Waals surface area (Å²) < 4.78 is 59.9. The number of rotatable bonds is 31. The standard InChI is InChI=1S/C32H38O6.C29H28O7.C22H26O5.C7H8O4.21CH4/c1-3-22-5-7-27(8-6-22)32(35)38-29-19-15-26(16-20-29)24-11-9-23(10-12-24)25-13-17-28(18-14-25)37-31(34)21-36-30(33)4-2;1-3-27(30)33-19-29(32)36-26-17-13-24(14-18-26)23-11-7-21(8-12-23)5-6-22-9-15-25(16-10-22)34-20-35-28(31)4-2;1-3-21(23)25-15-19-9-7-17(8-10-19)5-6-18-11-13-20(14-12-18)26-16-27-22(24)4-2;1-3-6(8)10-5-11-7(9)4-2;;;;;;;;;;;;;;;;;;;;;/h4,9-12,15-16,19-20,22,25,27-28H,2-3,5-8,13-14,17-18,21H2,1H3;3-4,7-12,15-16,24,26H,1-2,13-14,17-20H2;3-6,11-14,17,19H,1-2,7-10,15-16H2;3-4H,1-2,5H2;21*1H4. The van der Waals surface area contributed by atoms with Gasteiger partial charge in [0.1, 0.15) is 29.5 Å². The van der Waals surface area contributed by atoms with Gasteiger partial charge in [-0.3, -0.25) is 4.79 Å². The molecule has 133 heavy (non-hydrogen) atoms.